The molecule has 0 spiro atoms. The smallest absolute Gasteiger partial charge is 0.489 e. The molecule has 170 valence electrons. The second-order valence-electron chi connectivity index (χ2n) is 7.11. The van der Waals surface area contributed by atoms with Crippen molar-refractivity contribution >= 4 is 0 Å². The fraction of sp³-hybridized carbons (Fsp3) is 0.130. The number of hydrogen-bond donors (Lipinski definition) is 0. The molecule has 0 aliphatic heterocycles. The standard InChI is InChI=1S/C23H16F4N2O4.Na/c24-17-6-9-19(20(11-17)23(25,26)27)16-3-1-2-15(10-16)13-32-18-7-4-14(5-8-18)12-29-21(30)28-22(31)33-29;/h1-11H,12-13H2,(H,28,30,31);/q;+1/p-1. The minimum absolute atomic E-state index is 0. The van der Waals surface area contributed by atoms with Crippen molar-refractivity contribution < 1.29 is 56.4 Å². The number of ether oxygens (including phenoxy) is 1. The Morgan fingerprint density at radius 3 is 2.32 bits per heavy atom. The molecule has 0 N–H and O–H groups in total. The van der Waals surface area contributed by atoms with Crippen LogP contribution in [0.1, 0.15) is 16.7 Å². The molecule has 0 saturated carbocycles. The van der Waals surface area contributed by atoms with Gasteiger partial charge in [0.2, 0.25) is 0 Å². The molecule has 34 heavy (non-hydrogen) atoms. The second kappa shape index (κ2) is 10.5. The molecule has 0 amide bonds. The molecule has 1 aromatic heterocycles. The first-order valence-corrected chi connectivity index (χ1v) is 9.62. The molecular formula is C23H15F4N2NaO4. The SMILES string of the molecule is O=c1[n-]c(=O)n(Cc2ccc(OCc3cccc(-c4ccc(F)cc4C(F)(F)F)c3)cc2)o1.[Na+]. The minimum Gasteiger partial charge on any atom is -0.489 e. The fourth-order valence-electron chi connectivity index (χ4n) is 3.24. The molecule has 0 atom stereocenters. The van der Waals surface area contributed by atoms with Crippen molar-refractivity contribution in [1.29, 1.82) is 0 Å². The summed E-state index contributed by atoms with van der Waals surface area (Å²) in [7, 11) is 0. The largest absolute Gasteiger partial charge is 1.00 e. The van der Waals surface area contributed by atoms with Gasteiger partial charge in [0.15, 0.2) is 5.69 Å². The molecular weight excluding hydrogens is 467 g/mol. The van der Waals surface area contributed by atoms with Gasteiger partial charge in [-0.2, -0.15) is 13.2 Å². The van der Waals surface area contributed by atoms with Crippen LogP contribution in [-0.4, -0.2) is 4.74 Å². The fourth-order valence-corrected chi connectivity index (χ4v) is 3.24. The third kappa shape index (κ3) is 6.07. The van der Waals surface area contributed by atoms with Gasteiger partial charge in [-0.15, -0.1) is 0 Å². The van der Waals surface area contributed by atoms with E-state index in [1.807, 2.05) is 0 Å². The van der Waals surface area contributed by atoms with Gasteiger partial charge in [-0.25, -0.2) is 9.18 Å². The van der Waals surface area contributed by atoms with E-state index in [1.54, 1.807) is 42.5 Å². The number of rotatable bonds is 6. The third-order valence-corrected chi connectivity index (χ3v) is 4.77. The number of aromatic nitrogens is 2. The van der Waals surface area contributed by atoms with Crippen LogP contribution in [0.2, 0.25) is 0 Å². The molecule has 3 aromatic carbocycles. The summed E-state index contributed by atoms with van der Waals surface area (Å²) in [6.07, 6.45) is -4.70. The van der Waals surface area contributed by atoms with Crippen molar-refractivity contribution in [3.05, 3.63) is 110 Å². The van der Waals surface area contributed by atoms with Gasteiger partial charge >= 0.3 is 41.5 Å². The zero-order valence-electron chi connectivity index (χ0n) is 17.8. The molecule has 1 heterocycles. The van der Waals surface area contributed by atoms with E-state index in [9.17, 15) is 27.2 Å². The Hall–Kier alpha value is -3.08. The Kier molecular flexibility index (Phi) is 7.86. The summed E-state index contributed by atoms with van der Waals surface area (Å²) in [6, 6.07) is 15.5. The number of alkyl halides is 3. The summed E-state index contributed by atoms with van der Waals surface area (Å²) in [5.74, 6) is -1.45. The third-order valence-electron chi connectivity index (χ3n) is 4.77. The number of hydrogen-bond acceptors (Lipinski definition) is 4. The minimum atomic E-state index is -4.70. The Morgan fingerprint density at radius 1 is 0.941 bits per heavy atom. The number of benzene rings is 3. The van der Waals surface area contributed by atoms with Crippen LogP contribution in [0.25, 0.3) is 11.1 Å². The van der Waals surface area contributed by atoms with Crippen molar-refractivity contribution in [2.45, 2.75) is 19.3 Å². The van der Waals surface area contributed by atoms with Gasteiger partial charge in [0, 0.05) is 6.54 Å². The first-order valence-electron chi connectivity index (χ1n) is 9.62. The molecule has 4 aromatic rings. The maximum absolute atomic E-state index is 13.4. The number of halogens is 4. The zero-order chi connectivity index (χ0) is 23.6. The van der Waals surface area contributed by atoms with Crippen LogP contribution in [0, 0.1) is 5.82 Å². The summed E-state index contributed by atoms with van der Waals surface area (Å²) in [6.45, 7) is 0.104. The summed E-state index contributed by atoms with van der Waals surface area (Å²) >= 11 is 0. The van der Waals surface area contributed by atoms with Gasteiger partial charge in [-0.1, -0.05) is 36.4 Å². The van der Waals surface area contributed by atoms with Crippen LogP contribution in [0.15, 0.2) is 80.8 Å². The zero-order valence-corrected chi connectivity index (χ0v) is 19.8. The van der Waals surface area contributed by atoms with Crippen LogP contribution in [-0.2, 0) is 19.3 Å². The maximum atomic E-state index is 13.4. The molecule has 0 radical (unpaired) electrons. The summed E-state index contributed by atoms with van der Waals surface area (Å²) in [4.78, 5) is 25.5. The van der Waals surface area contributed by atoms with Crippen molar-refractivity contribution in [2.75, 3.05) is 0 Å². The Morgan fingerprint density at radius 2 is 1.68 bits per heavy atom. The van der Waals surface area contributed by atoms with Crippen LogP contribution < -0.4 is 50.7 Å². The molecule has 0 saturated heterocycles. The van der Waals surface area contributed by atoms with E-state index in [4.69, 9.17) is 4.74 Å². The summed E-state index contributed by atoms with van der Waals surface area (Å²) < 4.78 is 64.6. The Bertz CT molecular complexity index is 1390. The molecule has 0 aliphatic rings. The van der Waals surface area contributed by atoms with Crippen LogP contribution in [0.5, 0.6) is 5.75 Å². The van der Waals surface area contributed by atoms with Gasteiger partial charge in [-0.05, 0) is 52.6 Å². The predicted octanol–water partition coefficient (Wildman–Crippen LogP) is 1.21. The van der Waals surface area contributed by atoms with E-state index in [2.05, 4.69) is 9.51 Å². The monoisotopic (exact) mass is 482 g/mol. The quantitative estimate of drug-likeness (QED) is 0.305. The van der Waals surface area contributed by atoms with Crippen LogP contribution in [0.3, 0.4) is 0 Å². The molecule has 0 aliphatic carbocycles. The van der Waals surface area contributed by atoms with Crippen LogP contribution in [0.4, 0.5) is 17.6 Å². The first-order chi connectivity index (χ1) is 15.7. The average molecular weight is 482 g/mol. The molecule has 4 rings (SSSR count). The van der Waals surface area contributed by atoms with Crippen molar-refractivity contribution in [3.63, 3.8) is 0 Å². The first kappa shape index (κ1) is 25.5. The topological polar surface area (TPSA) is 75.5 Å². The van der Waals surface area contributed by atoms with Gasteiger partial charge in [-0.3, -0.25) is 9.53 Å². The van der Waals surface area contributed by atoms with Gasteiger partial charge in [0.25, 0.3) is 0 Å². The maximum Gasteiger partial charge on any atom is 1.00 e. The molecule has 0 bridgehead atoms. The van der Waals surface area contributed by atoms with E-state index in [-0.39, 0.29) is 53.8 Å². The van der Waals surface area contributed by atoms with Gasteiger partial charge in [0.1, 0.15) is 18.2 Å². The molecule has 0 fully saturated rings. The molecule has 0 unspecified atom stereocenters. The van der Waals surface area contributed by atoms with Crippen molar-refractivity contribution in [1.82, 2.24) is 9.72 Å². The average Bonchev–Trinajstić information content (AvgIpc) is 3.09. The van der Waals surface area contributed by atoms with Crippen LogP contribution >= 0.6 is 0 Å². The second-order valence-corrected chi connectivity index (χ2v) is 7.11. The normalized spacial score (nSPS) is 11.2. The predicted molar refractivity (Wildman–Crippen MR) is 109 cm³/mol. The Balaban J connectivity index is 0.00000324. The summed E-state index contributed by atoms with van der Waals surface area (Å²) in [5, 5.41) is 0. The summed E-state index contributed by atoms with van der Waals surface area (Å²) in [5.41, 5.74) is -0.391. The van der Waals surface area contributed by atoms with E-state index >= 15 is 0 Å². The van der Waals surface area contributed by atoms with E-state index in [1.165, 1.54) is 6.07 Å². The molecule has 11 heteroatoms. The van der Waals surface area contributed by atoms with Gasteiger partial charge in [0.05, 0.1) is 5.56 Å². The number of nitrogens with zero attached hydrogens (tertiary/aromatic N) is 2. The van der Waals surface area contributed by atoms with Crippen molar-refractivity contribution in [3.8, 4) is 16.9 Å². The van der Waals surface area contributed by atoms with Crippen molar-refractivity contribution in [2.24, 2.45) is 0 Å². The Labute approximate surface area is 212 Å². The molecule has 6 nitrogen and oxygen atoms in total. The van der Waals surface area contributed by atoms with E-state index < -0.39 is 29.0 Å². The van der Waals surface area contributed by atoms with E-state index in [0.29, 0.717) is 22.9 Å². The van der Waals surface area contributed by atoms with E-state index in [0.717, 1.165) is 16.9 Å². The van der Waals surface area contributed by atoms with Gasteiger partial charge < -0.3 is 14.2 Å².